The van der Waals surface area contributed by atoms with Crippen molar-refractivity contribution >= 4 is 11.3 Å². The molecule has 0 aromatic carbocycles. The fourth-order valence-corrected chi connectivity index (χ4v) is 4.31. The van der Waals surface area contributed by atoms with Crippen molar-refractivity contribution in [2.75, 3.05) is 0 Å². The lowest BCUT2D eigenvalue weighted by Gasteiger charge is -2.45. The molecule has 0 saturated heterocycles. The molecule has 0 spiro atoms. The summed E-state index contributed by atoms with van der Waals surface area (Å²) in [6.45, 7) is 10.7. The van der Waals surface area contributed by atoms with Crippen LogP contribution in [0.15, 0.2) is 16.8 Å². The summed E-state index contributed by atoms with van der Waals surface area (Å²) in [5, 5.41) is 8.14. The number of hydrogen-bond acceptors (Lipinski definition) is 2. The molecule has 0 amide bonds. The van der Waals surface area contributed by atoms with Crippen LogP contribution < -0.4 is 5.32 Å². The van der Waals surface area contributed by atoms with Crippen LogP contribution in [0, 0.1) is 10.8 Å². The molecule has 1 aromatic heterocycles. The van der Waals surface area contributed by atoms with Crippen molar-refractivity contribution in [1.29, 1.82) is 0 Å². The second-order valence-electron chi connectivity index (χ2n) is 7.12. The Labute approximate surface area is 110 Å². The molecule has 1 nitrogen and oxygen atoms in total. The molecule has 1 saturated carbocycles. The molecule has 2 rings (SSSR count). The first-order valence-corrected chi connectivity index (χ1v) is 7.55. The zero-order valence-electron chi connectivity index (χ0n) is 11.5. The van der Waals surface area contributed by atoms with Gasteiger partial charge < -0.3 is 5.32 Å². The highest BCUT2D eigenvalue weighted by molar-refractivity contribution is 7.07. The van der Waals surface area contributed by atoms with E-state index >= 15 is 0 Å². The van der Waals surface area contributed by atoms with Crippen LogP contribution in [0.3, 0.4) is 0 Å². The van der Waals surface area contributed by atoms with Gasteiger partial charge in [-0.05, 0) is 52.5 Å². The van der Waals surface area contributed by atoms with E-state index < -0.39 is 0 Å². The van der Waals surface area contributed by atoms with Gasteiger partial charge >= 0.3 is 0 Å². The lowest BCUT2D eigenvalue weighted by Crippen LogP contribution is -2.43. The second-order valence-corrected chi connectivity index (χ2v) is 7.90. The van der Waals surface area contributed by atoms with Gasteiger partial charge in [0.1, 0.15) is 0 Å². The summed E-state index contributed by atoms with van der Waals surface area (Å²) in [6, 6.07) is 2.89. The first-order valence-electron chi connectivity index (χ1n) is 6.61. The van der Waals surface area contributed by atoms with Crippen LogP contribution in [0.2, 0.25) is 0 Å². The smallest absolute Gasteiger partial charge is 0.0216 e. The predicted octanol–water partition coefficient (Wildman–Crippen LogP) is 4.44. The van der Waals surface area contributed by atoms with Gasteiger partial charge in [-0.15, -0.1) is 0 Å². The zero-order chi connectivity index (χ0) is 12.5. The number of rotatable bonds is 3. The lowest BCUT2D eigenvalue weighted by atomic mass is 9.63. The third-order valence-electron chi connectivity index (χ3n) is 3.73. The third-order valence-corrected chi connectivity index (χ3v) is 4.46. The molecule has 1 aliphatic carbocycles. The van der Waals surface area contributed by atoms with Crippen molar-refractivity contribution in [1.82, 2.24) is 5.32 Å². The van der Waals surface area contributed by atoms with Crippen LogP contribution in [-0.2, 0) is 6.54 Å². The summed E-state index contributed by atoms with van der Waals surface area (Å²) >= 11 is 1.79. The van der Waals surface area contributed by atoms with Crippen LogP contribution in [0.5, 0.6) is 0 Å². The third kappa shape index (κ3) is 3.82. The van der Waals surface area contributed by atoms with E-state index in [-0.39, 0.29) is 0 Å². The summed E-state index contributed by atoms with van der Waals surface area (Å²) in [5.41, 5.74) is 2.39. The van der Waals surface area contributed by atoms with E-state index in [0.29, 0.717) is 16.9 Å². The van der Waals surface area contributed by atoms with Crippen LogP contribution in [0.25, 0.3) is 0 Å². The van der Waals surface area contributed by atoms with Gasteiger partial charge in [0.05, 0.1) is 0 Å². The molecular weight excluding hydrogens is 226 g/mol. The maximum Gasteiger partial charge on any atom is 0.0216 e. The summed E-state index contributed by atoms with van der Waals surface area (Å²) in [5.74, 6) is 0. The predicted molar refractivity (Wildman–Crippen MR) is 76.4 cm³/mol. The molecular formula is C15H25NS. The molecule has 1 aliphatic rings. The highest BCUT2D eigenvalue weighted by Gasteiger charge is 2.37. The first-order chi connectivity index (χ1) is 7.86. The SMILES string of the molecule is CC1(C)CC(NCc2ccsc2)CC(C)(C)C1. The van der Waals surface area contributed by atoms with Gasteiger partial charge in [0.2, 0.25) is 0 Å². The molecule has 1 aromatic rings. The van der Waals surface area contributed by atoms with Gasteiger partial charge in [0.15, 0.2) is 0 Å². The van der Waals surface area contributed by atoms with E-state index in [2.05, 4.69) is 49.8 Å². The monoisotopic (exact) mass is 251 g/mol. The summed E-state index contributed by atoms with van der Waals surface area (Å²) < 4.78 is 0. The number of nitrogens with one attached hydrogen (secondary N) is 1. The van der Waals surface area contributed by atoms with Gasteiger partial charge in [-0.3, -0.25) is 0 Å². The summed E-state index contributed by atoms with van der Waals surface area (Å²) in [4.78, 5) is 0. The second kappa shape index (κ2) is 4.74. The molecule has 0 radical (unpaired) electrons. The average molecular weight is 251 g/mol. The quantitative estimate of drug-likeness (QED) is 0.837. The Hall–Kier alpha value is -0.340. The fraction of sp³-hybridized carbons (Fsp3) is 0.733. The zero-order valence-corrected chi connectivity index (χ0v) is 12.4. The van der Waals surface area contributed by atoms with Crippen molar-refractivity contribution in [3.05, 3.63) is 22.4 Å². The Morgan fingerprint density at radius 1 is 1.24 bits per heavy atom. The van der Waals surface area contributed by atoms with Crippen molar-refractivity contribution in [2.24, 2.45) is 10.8 Å². The minimum atomic E-state index is 0.480. The molecule has 0 bridgehead atoms. The van der Waals surface area contributed by atoms with Crippen LogP contribution in [0.4, 0.5) is 0 Å². The maximum absolute atomic E-state index is 3.74. The molecule has 1 N–H and O–H groups in total. The number of hydrogen-bond donors (Lipinski definition) is 1. The summed E-state index contributed by atoms with van der Waals surface area (Å²) in [6.07, 6.45) is 3.96. The van der Waals surface area contributed by atoms with E-state index in [1.54, 1.807) is 11.3 Å². The molecule has 0 unspecified atom stereocenters. The van der Waals surface area contributed by atoms with Gasteiger partial charge in [0.25, 0.3) is 0 Å². The largest absolute Gasteiger partial charge is 0.310 e. The van der Waals surface area contributed by atoms with E-state index in [1.165, 1.54) is 24.8 Å². The van der Waals surface area contributed by atoms with Crippen molar-refractivity contribution in [3.63, 3.8) is 0 Å². The minimum Gasteiger partial charge on any atom is -0.310 e. The molecule has 96 valence electrons. The maximum atomic E-state index is 3.74. The van der Waals surface area contributed by atoms with Crippen LogP contribution in [0.1, 0.15) is 52.5 Å². The molecule has 1 heterocycles. The molecule has 0 aliphatic heterocycles. The summed E-state index contributed by atoms with van der Waals surface area (Å²) in [7, 11) is 0. The molecule has 0 atom stereocenters. The Morgan fingerprint density at radius 3 is 2.41 bits per heavy atom. The van der Waals surface area contributed by atoms with Gasteiger partial charge in [-0.2, -0.15) is 11.3 Å². The Balaban J connectivity index is 1.92. The normalized spacial score (nSPS) is 23.8. The lowest BCUT2D eigenvalue weighted by molar-refractivity contribution is 0.0845. The highest BCUT2D eigenvalue weighted by Crippen LogP contribution is 2.45. The van der Waals surface area contributed by atoms with Crippen LogP contribution >= 0.6 is 11.3 Å². The Kier molecular flexibility index (Phi) is 3.65. The molecule has 1 fully saturated rings. The average Bonchev–Trinajstić information content (AvgIpc) is 2.61. The Morgan fingerprint density at radius 2 is 1.88 bits per heavy atom. The highest BCUT2D eigenvalue weighted by atomic mass is 32.1. The van der Waals surface area contributed by atoms with Crippen molar-refractivity contribution < 1.29 is 0 Å². The minimum absolute atomic E-state index is 0.480. The fourth-order valence-electron chi connectivity index (χ4n) is 3.65. The van der Waals surface area contributed by atoms with Gasteiger partial charge in [0, 0.05) is 12.6 Å². The van der Waals surface area contributed by atoms with Crippen molar-refractivity contribution in [2.45, 2.75) is 59.5 Å². The van der Waals surface area contributed by atoms with Crippen LogP contribution in [-0.4, -0.2) is 6.04 Å². The van der Waals surface area contributed by atoms with Gasteiger partial charge in [-0.1, -0.05) is 27.7 Å². The molecule has 17 heavy (non-hydrogen) atoms. The van der Waals surface area contributed by atoms with E-state index in [9.17, 15) is 0 Å². The van der Waals surface area contributed by atoms with E-state index in [0.717, 1.165) is 6.54 Å². The number of thiophene rings is 1. The first kappa shape index (κ1) is 13.1. The molecule has 2 heteroatoms. The topological polar surface area (TPSA) is 12.0 Å². The van der Waals surface area contributed by atoms with E-state index in [1.807, 2.05) is 0 Å². The van der Waals surface area contributed by atoms with Gasteiger partial charge in [-0.25, -0.2) is 0 Å². The van der Waals surface area contributed by atoms with Crippen molar-refractivity contribution in [3.8, 4) is 0 Å². The Bertz CT molecular complexity index is 335. The standard InChI is InChI=1S/C15H25NS/c1-14(2)7-13(8-15(3,4)11-14)16-9-12-5-6-17-10-12/h5-6,10,13,16H,7-9,11H2,1-4H3. The van der Waals surface area contributed by atoms with E-state index in [4.69, 9.17) is 0 Å².